The van der Waals surface area contributed by atoms with Crippen molar-refractivity contribution < 1.29 is 23.8 Å². The summed E-state index contributed by atoms with van der Waals surface area (Å²) in [5, 5.41) is 0. The molecule has 0 aliphatic carbocycles. The maximum absolute atomic E-state index is 13.4. The van der Waals surface area contributed by atoms with Gasteiger partial charge in [0, 0.05) is 10.5 Å². The largest absolute Gasteiger partial charge is 0.493 e. The molecule has 0 spiro atoms. The van der Waals surface area contributed by atoms with Crippen molar-refractivity contribution in [2.75, 3.05) is 27.2 Å². The Bertz CT molecular complexity index is 1060. The number of ether oxygens (including phenoxy) is 3. The van der Waals surface area contributed by atoms with E-state index in [1.54, 1.807) is 26.0 Å². The van der Waals surface area contributed by atoms with Gasteiger partial charge in [0.1, 0.15) is 0 Å². The van der Waals surface area contributed by atoms with Crippen LogP contribution in [0.4, 0.5) is 0 Å². The van der Waals surface area contributed by atoms with E-state index >= 15 is 0 Å². The van der Waals surface area contributed by atoms with E-state index in [1.165, 1.54) is 13.2 Å². The predicted molar refractivity (Wildman–Crippen MR) is 110 cm³/mol. The van der Waals surface area contributed by atoms with Crippen molar-refractivity contribution in [3.63, 3.8) is 0 Å². The Hall–Kier alpha value is -3.19. The summed E-state index contributed by atoms with van der Waals surface area (Å²) < 4.78 is 15.7. The van der Waals surface area contributed by atoms with Gasteiger partial charge in [-0.05, 0) is 17.7 Å². The number of benzene rings is 2. The van der Waals surface area contributed by atoms with Crippen molar-refractivity contribution >= 4 is 34.8 Å². The highest BCUT2D eigenvalue weighted by Crippen LogP contribution is 2.50. The molecule has 2 aliphatic heterocycles. The first-order valence-electron chi connectivity index (χ1n) is 8.89. The first-order valence-corrected chi connectivity index (χ1v) is 9.88. The van der Waals surface area contributed by atoms with Crippen LogP contribution in [0.1, 0.15) is 11.1 Å². The number of Topliss-reactive ketones (excluding diaryl/α,β-unsaturated/α-hetero) is 1. The van der Waals surface area contributed by atoms with Crippen LogP contribution in [0, 0.1) is 0 Å². The van der Waals surface area contributed by atoms with Crippen molar-refractivity contribution in [2.45, 2.75) is 4.90 Å². The van der Waals surface area contributed by atoms with Crippen LogP contribution in [0.3, 0.4) is 0 Å². The third kappa shape index (κ3) is 3.17. The Morgan fingerprint density at radius 1 is 1.07 bits per heavy atom. The molecule has 0 unspecified atom stereocenters. The summed E-state index contributed by atoms with van der Waals surface area (Å²) in [4.78, 5) is 28.1. The van der Waals surface area contributed by atoms with E-state index in [4.69, 9.17) is 14.2 Å². The van der Waals surface area contributed by atoms with E-state index in [2.05, 4.69) is 0 Å². The van der Waals surface area contributed by atoms with Gasteiger partial charge in [0.15, 0.2) is 11.5 Å². The van der Waals surface area contributed by atoms with E-state index in [-0.39, 0.29) is 5.78 Å². The number of fused-ring (bicyclic) bond motifs is 3. The van der Waals surface area contributed by atoms with Gasteiger partial charge in [-0.3, -0.25) is 4.79 Å². The molecule has 2 aromatic rings. The summed E-state index contributed by atoms with van der Waals surface area (Å²) in [5.74, 6) is 0.919. The molecule has 0 amide bonds. The second-order valence-electron chi connectivity index (χ2n) is 6.38. The highest BCUT2D eigenvalue weighted by Gasteiger charge is 2.40. The molecule has 6 nitrogen and oxygen atoms in total. The lowest BCUT2D eigenvalue weighted by molar-refractivity contribution is -0.135. The van der Waals surface area contributed by atoms with Crippen LogP contribution in [0.25, 0.3) is 11.3 Å². The van der Waals surface area contributed by atoms with Crippen LogP contribution in [0.2, 0.25) is 0 Å². The molecule has 148 valence electrons. The lowest BCUT2D eigenvalue weighted by atomic mass is 9.98. The fraction of sp³-hybridized carbons (Fsp3) is 0.182. The molecule has 0 bridgehead atoms. The quantitative estimate of drug-likeness (QED) is 0.565. The molecule has 29 heavy (non-hydrogen) atoms. The number of nitrogens with zero attached hydrogens (tertiary/aromatic N) is 1. The van der Waals surface area contributed by atoms with Crippen molar-refractivity contribution in [3.05, 3.63) is 65.4 Å². The van der Waals surface area contributed by atoms with Crippen LogP contribution in [0.5, 0.6) is 11.5 Å². The summed E-state index contributed by atoms with van der Waals surface area (Å²) in [6.07, 6.45) is 1.25. The number of allylic oxidation sites excluding steroid dienone is 1. The molecule has 2 aromatic carbocycles. The fourth-order valence-corrected chi connectivity index (χ4v) is 4.55. The normalized spacial score (nSPS) is 16.6. The van der Waals surface area contributed by atoms with E-state index in [1.807, 2.05) is 47.4 Å². The van der Waals surface area contributed by atoms with Gasteiger partial charge in [0.2, 0.25) is 5.78 Å². The number of hydrogen-bond donors (Lipinski definition) is 0. The van der Waals surface area contributed by atoms with E-state index in [0.29, 0.717) is 28.6 Å². The Kier molecular flexibility index (Phi) is 5.07. The maximum atomic E-state index is 13.4. The summed E-state index contributed by atoms with van der Waals surface area (Å²) in [7, 11) is 4.46. The molecule has 7 heteroatoms. The number of methoxy groups -OCH3 is 3. The Balaban J connectivity index is 1.98. The highest BCUT2D eigenvalue weighted by atomic mass is 32.2. The first kappa shape index (κ1) is 19.1. The number of ketones is 1. The SMILES string of the molecule is COC(=O)/C=C1/C(=O)C(c2ccccc2)=C2c3cc(OC)c(OC)cc3SCN21. The van der Waals surface area contributed by atoms with Crippen molar-refractivity contribution in [3.8, 4) is 11.5 Å². The minimum absolute atomic E-state index is 0.208. The lowest BCUT2D eigenvalue weighted by Crippen LogP contribution is -2.23. The molecule has 0 atom stereocenters. The van der Waals surface area contributed by atoms with E-state index < -0.39 is 5.97 Å². The highest BCUT2D eigenvalue weighted by molar-refractivity contribution is 7.99. The van der Waals surface area contributed by atoms with Crippen LogP contribution < -0.4 is 9.47 Å². The third-order valence-electron chi connectivity index (χ3n) is 4.87. The number of hydrogen-bond acceptors (Lipinski definition) is 7. The monoisotopic (exact) mass is 409 g/mol. The molecular weight excluding hydrogens is 390 g/mol. The molecule has 2 aliphatic rings. The topological polar surface area (TPSA) is 65.1 Å². The molecule has 0 radical (unpaired) electrons. The van der Waals surface area contributed by atoms with Gasteiger partial charge in [-0.15, -0.1) is 11.8 Å². The average molecular weight is 409 g/mol. The standard InChI is InChI=1S/C22H19NO5S/c1-26-16-9-14-18(11-17(16)27-2)29-12-23-15(10-19(24)28-3)22(25)20(21(14)23)13-7-5-4-6-8-13/h4-11H,12H2,1-3H3/b15-10-. The van der Waals surface area contributed by atoms with Gasteiger partial charge in [-0.2, -0.15) is 0 Å². The van der Waals surface area contributed by atoms with Crippen molar-refractivity contribution in [1.29, 1.82) is 0 Å². The van der Waals surface area contributed by atoms with Crippen LogP contribution in [-0.2, 0) is 14.3 Å². The smallest absolute Gasteiger partial charge is 0.332 e. The van der Waals surface area contributed by atoms with Gasteiger partial charge in [-0.1, -0.05) is 30.3 Å². The number of carbonyl (C=O) groups is 2. The predicted octanol–water partition coefficient (Wildman–Crippen LogP) is 3.58. The van der Waals surface area contributed by atoms with E-state index in [0.717, 1.165) is 21.7 Å². The summed E-state index contributed by atoms with van der Waals surface area (Å²) in [5.41, 5.74) is 3.26. The molecule has 0 saturated heterocycles. The second kappa shape index (κ2) is 7.67. The summed E-state index contributed by atoms with van der Waals surface area (Å²) >= 11 is 1.56. The Labute approximate surface area is 172 Å². The number of rotatable bonds is 4. The van der Waals surface area contributed by atoms with Gasteiger partial charge in [0.25, 0.3) is 0 Å². The molecule has 2 heterocycles. The van der Waals surface area contributed by atoms with Crippen LogP contribution in [0.15, 0.2) is 59.1 Å². The molecular formula is C22H19NO5S. The molecule has 0 aromatic heterocycles. The molecule has 4 rings (SSSR count). The minimum atomic E-state index is -0.565. The molecule has 0 fully saturated rings. The zero-order chi connectivity index (χ0) is 20.5. The van der Waals surface area contributed by atoms with Crippen molar-refractivity contribution in [2.24, 2.45) is 0 Å². The average Bonchev–Trinajstić information content (AvgIpc) is 3.04. The van der Waals surface area contributed by atoms with Gasteiger partial charge < -0.3 is 19.1 Å². The first-order chi connectivity index (χ1) is 14.1. The van der Waals surface area contributed by atoms with Crippen molar-refractivity contribution in [1.82, 2.24) is 4.90 Å². The Morgan fingerprint density at radius 2 is 1.76 bits per heavy atom. The fourth-order valence-electron chi connectivity index (χ4n) is 3.51. The minimum Gasteiger partial charge on any atom is -0.493 e. The van der Waals surface area contributed by atoms with Gasteiger partial charge >= 0.3 is 5.97 Å². The van der Waals surface area contributed by atoms with Crippen LogP contribution in [-0.4, -0.2) is 43.9 Å². The van der Waals surface area contributed by atoms with Gasteiger partial charge in [-0.25, -0.2) is 4.79 Å². The maximum Gasteiger partial charge on any atom is 0.332 e. The number of carbonyl (C=O) groups excluding carboxylic acids is 2. The lowest BCUT2D eigenvalue weighted by Gasteiger charge is -2.30. The zero-order valence-corrected chi connectivity index (χ0v) is 17.0. The van der Waals surface area contributed by atoms with E-state index in [9.17, 15) is 9.59 Å². The summed E-state index contributed by atoms with van der Waals surface area (Å²) in [6.45, 7) is 0. The number of esters is 1. The Morgan fingerprint density at radius 3 is 2.41 bits per heavy atom. The number of thioether (sulfide) groups is 1. The second-order valence-corrected chi connectivity index (χ2v) is 7.36. The van der Waals surface area contributed by atoms with Crippen LogP contribution >= 0.6 is 11.8 Å². The zero-order valence-electron chi connectivity index (χ0n) is 16.2. The molecule has 0 saturated carbocycles. The summed E-state index contributed by atoms with van der Waals surface area (Å²) in [6, 6.07) is 13.2. The third-order valence-corrected chi connectivity index (χ3v) is 5.90. The van der Waals surface area contributed by atoms with Gasteiger partial charge in [0.05, 0.1) is 50.2 Å². The molecule has 0 N–H and O–H groups in total.